The average Bonchev–Trinajstić information content (AvgIpc) is 2.96. The molecular weight excluding hydrogens is 345 g/mol. The summed E-state index contributed by atoms with van der Waals surface area (Å²) in [5.74, 6) is -0.0416. The van der Waals surface area contributed by atoms with Crippen LogP contribution >= 0.6 is 0 Å². The third kappa shape index (κ3) is 3.58. The van der Waals surface area contributed by atoms with E-state index in [0.717, 1.165) is 17.7 Å². The quantitative estimate of drug-likeness (QED) is 0.763. The second-order valence-electron chi connectivity index (χ2n) is 5.78. The molecule has 0 spiro atoms. The number of pyridine rings is 1. The fraction of sp³-hybridized carbons (Fsp3) is 0.167. The van der Waals surface area contributed by atoms with Crippen LogP contribution in [0.2, 0.25) is 0 Å². The molecule has 3 rings (SSSR count). The van der Waals surface area contributed by atoms with Gasteiger partial charge in [0.2, 0.25) is 0 Å². The van der Waals surface area contributed by atoms with Crippen molar-refractivity contribution in [2.45, 2.75) is 20.0 Å². The lowest BCUT2D eigenvalue weighted by Gasteiger charge is -2.10. The Morgan fingerprint density at radius 2 is 1.92 bits per heavy atom. The Kier molecular flexibility index (Phi) is 4.50. The van der Waals surface area contributed by atoms with Gasteiger partial charge in [-0.25, -0.2) is 9.67 Å². The van der Waals surface area contributed by atoms with Crippen molar-refractivity contribution in [1.29, 1.82) is 0 Å². The molecule has 0 aliphatic heterocycles. The zero-order valence-electron chi connectivity index (χ0n) is 14.0. The predicted molar refractivity (Wildman–Crippen MR) is 90.2 cm³/mol. The molecule has 5 nitrogen and oxygen atoms in total. The molecular formula is C18H15F3N4O. The third-order valence-corrected chi connectivity index (χ3v) is 3.83. The van der Waals surface area contributed by atoms with Crippen LogP contribution in [-0.2, 0) is 6.18 Å². The molecule has 2 aromatic heterocycles. The van der Waals surface area contributed by atoms with Gasteiger partial charge in [-0.1, -0.05) is 6.07 Å². The van der Waals surface area contributed by atoms with E-state index < -0.39 is 17.6 Å². The van der Waals surface area contributed by atoms with Gasteiger partial charge in [0.05, 0.1) is 28.7 Å². The number of hydrogen-bond donors (Lipinski definition) is 1. The fourth-order valence-electron chi connectivity index (χ4n) is 2.49. The van der Waals surface area contributed by atoms with Crippen LogP contribution in [0.5, 0.6) is 0 Å². The Morgan fingerprint density at radius 3 is 2.62 bits per heavy atom. The molecule has 0 atom stereocenters. The van der Waals surface area contributed by atoms with Crippen molar-refractivity contribution >= 4 is 11.7 Å². The van der Waals surface area contributed by atoms with Crippen LogP contribution in [0.3, 0.4) is 0 Å². The van der Waals surface area contributed by atoms with Crippen LogP contribution in [0.15, 0.2) is 48.8 Å². The molecule has 0 saturated carbocycles. The zero-order chi connectivity index (χ0) is 18.9. The van der Waals surface area contributed by atoms with Crippen molar-refractivity contribution in [2.75, 3.05) is 5.32 Å². The predicted octanol–water partition coefficient (Wildman–Crippen LogP) is 4.16. The number of benzene rings is 1. The van der Waals surface area contributed by atoms with E-state index in [1.165, 1.54) is 23.0 Å². The SMILES string of the molecule is Cc1ccnc(NC(=O)c2cnn(-c3cccc(C(F)(F)F)c3)c2C)c1. The van der Waals surface area contributed by atoms with Crippen molar-refractivity contribution < 1.29 is 18.0 Å². The van der Waals surface area contributed by atoms with E-state index in [1.807, 2.05) is 6.92 Å². The molecule has 0 fully saturated rings. The van der Waals surface area contributed by atoms with Gasteiger partial charge in [-0.3, -0.25) is 4.79 Å². The molecule has 3 aromatic rings. The lowest BCUT2D eigenvalue weighted by atomic mass is 10.2. The molecule has 0 aliphatic rings. The summed E-state index contributed by atoms with van der Waals surface area (Å²) >= 11 is 0. The van der Waals surface area contributed by atoms with Gasteiger partial charge in [-0.15, -0.1) is 0 Å². The van der Waals surface area contributed by atoms with Crippen molar-refractivity contribution in [3.8, 4) is 5.69 Å². The molecule has 0 aliphatic carbocycles. The average molecular weight is 360 g/mol. The topological polar surface area (TPSA) is 59.8 Å². The summed E-state index contributed by atoms with van der Waals surface area (Å²) in [6.45, 7) is 3.49. The second kappa shape index (κ2) is 6.62. The number of rotatable bonds is 3. The zero-order valence-corrected chi connectivity index (χ0v) is 14.0. The lowest BCUT2D eigenvalue weighted by Crippen LogP contribution is -2.14. The number of halogens is 3. The van der Waals surface area contributed by atoms with E-state index in [-0.39, 0.29) is 11.3 Å². The van der Waals surface area contributed by atoms with E-state index in [0.29, 0.717) is 11.5 Å². The largest absolute Gasteiger partial charge is 0.416 e. The minimum absolute atomic E-state index is 0.227. The van der Waals surface area contributed by atoms with Gasteiger partial charge >= 0.3 is 6.18 Å². The molecule has 134 valence electrons. The van der Waals surface area contributed by atoms with Gasteiger partial charge in [-0.2, -0.15) is 18.3 Å². The van der Waals surface area contributed by atoms with Gasteiger partial charge in [0, 0.05) is 6.20 Å². The minimum atomic E-state index is -4.45. The number of anilines is 1. The molecule has 1 aromatic carbocycles. The Balaban J connectivity index is 1.90. The third-order valence-electron chi connectivity index (χ3n) is 3.83. The number of alkyl halides is 3. The van der Waals surface area contributed by atoms with Crippen molar-refractivity contribution in [3.63, 3.8) is 0 Å². The Hall–Kier alpha value is -3.16. The summed E-state index contributed by atoms with van der Waals surface area (Å²) in [6.07, 6.45) is -1.56. The molecule has 1 amide bonds. The number of nitrogens with zero attached hydrogens (tertiary/aromatic N) is 3. The van der Waals surface area contributed by atoms with Gasteiger partial charge < -0.3 is 5.32 Å². The van der Waals surface area contributed by atoms with E-state index in [1.54, 1.807) is 25.3 Å². The number of nitrogens with one attached hydrogen (secondary N) is 1. The first kappa shape index (κ1) is 17.7. The molecule has 8 heteroatoms. The number of carbonyl (C=O) groups is 1. The number of hydrogen-bond acceptors (Lipinski definition) is 3. The monoisotopic (exact) mass is 360 g/mol. The summed E-state index contributed by atoms with van der Waals surface area (Å²) in [6, 6.07) is 8.29. The Labute approximate surface area is 147 Å². The van der Waals surface area contributed by atoms with Crippen LogP contribution < -0.4 is 5.32 Å². The number of carbonyl (C=O) groups excluding carboxylic acids is 1. The molecule has 2 heterocycles. The summed E-state index contributed by atoms with van der Waals surface area (Å²) in [5.41, 5.74) is 1.07. The normalized spacial score (nSPS) is 11.4. The van der Waals surface area contributed by atoms with Crippen LogP contribution in [0.1, 0.15) is 27.2 Å². The highest BCUT2D eigenvalue weighted by Gasteiger charge is 2.30. The van der Waals surface area contributed by atoms with Crippen molar-refractivity contribution in [2.24, 2.45) is 0 Å². The van der Waals surface area contributed by atoms with E-state index >= 15 is 0 Å². The van der Waals surface area contributed by atoms with E-state index in [9.17, 15) is 18.0 Å². The molecule has 26 heavy (non-hydrogen) atoms. The molecule has 1 N–H and O–H groups in total. The van der Waals surface area contributed by atoms with Crippen LogP contribution in [0.4, 0.5) is 19.0 Å². The number of aryl methyl sites for hydroxylation is 1. The molecule has 0 saturated heterocycles. The lowest BCUT2D eigenvalue weighted by molar-refractivity contribution is -0.137. The highest BCUT2D eigenvalue weighted by Crippen LogP contribution is 2.30. The minimum Gasteiger partial charge on any atom is -0.306 e. The first-order valence-electron chi connectivity index (χ1n) is 7.72. The highest BCUT2D eigenvalue weighted by atomic mass is 19.4. The van der Waals surface area contributed by atoms with Crippen LogP contribution in [-0.4, -0.2) is 20.7 Å². The fourth-order valence-corrected chi connectivity index (χ4v) is 2.49. The van der Waals surface area contributed by atoms with Gasteiger partial charge in [0.25, 0.3) is 5.91 Å². The number of aromatic nitrogens is 3. The summed E-state index contributed by atoms with van der Waals surface area (Å²) < 4.78 is 40.0. The van der Waals surface area contributed by atoms with Crippen LogP contribution in [0, 0.1) is 13.8 Å². The molecule has 0 bridgehead atoms. The maximum absolute atomic E-state index is 12.9. The highest BCUT2D eigenvalue weighted by molar-refractivity contribution is 6.04. The van der Waals surface area contributed by atoms with Gasteiger partial charge in [-0.05, 0) is 49.7 Å². The van der Waals surface area contributed by atoms with Gasteiger partial charge in [0.15, 0.2) is 0 Å². The van der Waals surface area contributed by atoms with Crippen molar-refractivity contribution in [1.82, 2.24) is 14.8 Å². The Morgan fingerprint density at radius 1 is 1.15 bits per heavy atom. The number of amides is 1. The van der Waals surface area contributed by atoms with Crippen LogP contribution in [0.25, 0.3) is 5.69 Å². The summed E-state index contributed by atoms with van der Waals surface area (Å²) in [7, 11) is 0. The Bertz CT molecular complexity index is 963. The maximum atomic E-state index is 12.9. The first-order chi connectivity index (χ1) is 12.3. The second-order valence-corrected chi connectivity index (χ2v) is 5.78. The maximum Gasteiger partial charge on any atom is 0.416 e. The van der Waals surface area contributed by atoms with Gasteiger partial charge in [0.1, 0.15) is 5.82 Å². The van der Waals surface area contributed by atoms with E-state index in [2.05, 4.69) is 15.4 Å². The van der Waals surface area contributed by atoms with E-state index in [4.69, 9.17) is 0 Å². The summed E-state index contributed by atoms with van der Waals surface area (Å²) in [5, 5.41) is 6.71. The summed E-state index contributed by atoms with van der Waals surface area (Å²) in [4.78, 5) is 16.5. The molecule has 0 unspecified atom stereocenters. The smallest absolute Gasteiger partial charge is 0.306 e. The first-order valence-corrected chi connectivity index (χ1v) is 7.72. The standard InChI is InChI=1S/C18H15F3N4O/c1-11-6-7-22-16(8-11)24-17(26)15-10-23-25(12(15)2)14-5-3-4-13(9-14)18(19,20)21/h3-10H,1-2H3,(H,22,24,26). The van der Waals surface area contributed by atoms with Crippen molar-refractivity contribution in [3.05, 3.63) is 71.2 Å². The molecule has 0 radical (unpaired) electrons.